The van der Waals surface area contributed by atoms with Gasteiger partial charge in [-0.15, -0.1) is 0 Å². The van der Waals surface area contributed by atoms with Crippen LogP contribution in [-0.2, 0) is 6.54 Å². The number of nitrogens with one attached hydrogen (secondary N) is 2. The number of nitrogens with zero attached hydrogens (tertiary/aromatic N) is 2. The van der Waals surface area contributed by atoms with Crippen molar-refractivity contribution in [1.29, 1.82) is 0 Å². The lowest BCUT2D eigenvalue weighted by molar-refractivity contribution is 0.0950. The Morgan fingerprint density at radius 1 is 1.00 bits per heavy atom. The Morgan fingerprint density at radius 2 is 1.81 bits per heavy atom. The third-order valence-electron chi connectivity index (χ3n) is 3.96. The molecule has 26 heavy (non-hydrogen) atoms. The molecule has 2 N–H and O–H groups in total. The van der Waals surface area contributed by atoms with E-state index < -0.39 is 0 Å². The summed E-state index contributed by atoms with van der Waals surface area (Å²) in [6.45, 7) is 0.303. The molecule has 6 nitrogen and oxygen atoms in total. The highest BCUT2D eigenvalue weighted by Crippen LogP contribution is 2.18. The first-order valence-corrected chi connectivity index (χ1v) is 8.17. The summed E-state index contributed by atoms with van der Waals surface area (Å²) in [7, 11) is 0. The smallest absolute Gasteiger partial charge is 0.251 e. The van der Waals surface area contributed by atoms with Gasteiger partial charge >= 0.3 is 0 Å². The highest BCUT2D eigenvalue weighted by molar-refractivity contribution is 5.94. The fraction of sp³-hybridized carbons (Fsp3) is 0.0500. The first-order valence-electron chi connectivity index (χ1n) is 8.17. The largest absolute Gasteiger partial charge is 0.444 e. The van der Waals surface area contributed by atoms with Crippen molar-refractivity contribution in [3.8, 4) is 22.7 Å². The monoisotopic (exact) mass is 344 g/mol. The van der Waals surface area contributed by atoms with Gasteiger partial charge in [-0.1, -0.05) is 30.3 Å². The number of carbonyl (C=O) groups is 1. The minimum Gasteiger partial charge on any atom is -0.444 e. The number of amides is 1. The lowest BCUT2D eigenvalue weighted by atomic mass is 10.1. The summed E-state index contributed by atoms with van der Waals surface area (Å²) < 4.78 is 5.47. The van der Waals surface area contributed by atoms with Crippen LogP contribution in [0.25, 0.3) is 22.7 Å². The lowest BCUT2D eigenvalue weighted by Crippen LogP contribution is -2.22. The normalized spacial score (nSPS) is 10.6. The molecule has 4 rings (SSSR count). The summed E-state index contributed by atoms with van der Waals surface area (Å²) in [5.41, 5.74) is 4.04. The maximum absolute atomic E-state index is 12.3. The highest BCUT2D eigenvalue weighted by Gasteiger charge is 2.09. The van der Waals surface area contributed by atoms with Crippen molar-refractivity contribution in [1.82, 2.24) is 20.5 Å². The summed E-state index contributed by atoms with van der Waals surface area (Å²) in [5.74, 6) is 0.379. The Balaban J connectivity index is 1.39. The molecule has 2 heterocycles. The maximum Gasteiger partial charge on any atom is 0.251 e. The second-order valence-corrected chi connectivity index (χ2v) is 5.74. The number of aromatic amines is 1. The number of H-pyrrole nitrogens is 1. The zero-order chi connectivity index (χ0) is 17.8. The topological polar surface area (TPSA) is 83.8 Å². The molecule has 6 heteroatoms. The number of hydrogen-bond acceptors (Lipinski definition) is 4. The Morgan fingerprint density at radius 3 is 2.54 bits per heavy atom. The summed E-state index contributed by atoms with van der Waals surface area (Å²) in [6, 6.07) is 18.8. The Hall–Kier alpha value is -3.67. The SMILES string of the molecule is O=C(NCc1coc(-c2ccccc2)n1)c1ccc(-c2ccn[nH]2)cc1. The molecule has 2 aromatic heterocycles. The van der Waals surface area contributed by atoms with Crippen LogP contribution in [0, 0.1) is 0 Å². The number of aromatic nitrogens is 3. The van der Waals surface area contributed by atoms with Crippen LogP contribution in [0.4, 0.5) is 0 Å². The Labute approximate surface area is 149 Å². The molecule has 0 aliphatic carbocycles. The van der Waals surface area contributed by atoms with Crippen LogP contribution in [0.15, 0.2) is 77.5 Å². The fourth-order valence-corrected chi connectivity index (χ4v) is 2.59. The van der Waals surface area contributed by atoms with E-state index in [-0.39, 0.29) is 5.91 Å². The van der Waals surface area contributed by atoms with E-state index in [1.54, 1.807) is 24.6 Å². The van der Waals surface area contributed by atoms with E-state index in [9.17, 15) is 4.79 Å². The molecule has 0 fully saturated rings. The van der Waals surface area contributed by atoms with E-state index in [0.717, 1.165) is 16.8 Å². The minimum atomic E-state index is -0.162. The van der Waals surface area contributed by atoms with Crippen LogP contribution in [0.5, 0.6) is 0 Å². The molecule has 0 spiro atoms. The second kappa shape index (κ2) is 7.06. The summed E-state index contributed by atoms with van der Waals surface area (Å²) in [6.07, 6.45) is 3.25. The van der Waals surface area contributed by atoms with Crippen LogP contribution in [0.1, 0.15) is 16.1 Å². The van der Waals surface area contributed by atoms with Crippen molar-refractivity contribution >= 4 is 5.91 Å². The van der Waals surface area contributed by atoms with Crippen LogP contribution in [0.3, 0.4) is 0 Å². The van der Waals surface area contributed by atoms with E-state index >= 15 is 0 Å². The van der Waals surface area contributed by atoms with E-state index in [1.165, 1.54) is 0 Å². The molecule has 1 amide bonds. The quantitative estimate of drug-likeness (QED) is 0.579. The first-order chi connectivity index (χ1) is 12.8. The van der Waals surface area contributed by atoms with Crippen molar-refractivity contribution in [2.75, 3.05) is 0 Å². The van der Waals surface area contributed by atoms with Gasteiger partial charge in [0.25, 0.3) is 5.91 Å². The predicted molar refractivity (Wildman–Crippen MR) is 97.1 cm³/mol. The van der Waals surface area contributed by atoms with E-state index in [4.69, 9.17) is 4.42 Å². The van der Waals surface area contributed by atoms with Gasteiger partial charge in [0.1, 0.15) is 6.26 Å². The molecule has 0 saturated heterocycles. The van der Waals surface area contributed by atoms with Gasteiger partial charge in [0, 0.05) is 17.3 Å². The van der Waals surface area contributed by atoms with E-state index in [1.807, 2.05) is 48.5 Å². The second-order valence-electron chi connectivity index (χ2n) is 5.74. The lowest BCUT2D eigenvalue weighted by Gasteiger charge is -2.04. The molecule has 0 saturated carbocycles. The molecule has 0 atom stereocenters. The fourth-order valence-electron chi connectivity index (χ4n) is 2.59. The zero-order valence-electron chi connectivity index (χ0n) is 13.8. The van der Waals surface area contributed by atoms with Crippen molar-refractivity contribution in [2.24, 2.45) is 0 Å². The van der Waals surface area contributed by atoms with Gasteiger partial charge in [0.15, 0.2) is 0 Å². The molecule has 128 valence electrons. The minimum absolute atomic E-state index is 0.162. The zero-order valence-corrected chi connectivity index (χ0v) is 13.8. The number of carbonyl (C=O) groups excluding carboxylic acids is 1. The number of hydrogen-bond donors (Lipinski definition) is 2. The molecule has 0 radical (unpaired) electrons. The highest BCUT2D eigenvalue weighted by atomic mass is 16.3. The number of oxazole rings is 1. The van der Waals surface area contributed by atoms with E-state index in [0.29, 0.717) is 23.7 Å². The van der Waals surface area contributed by atoms with Gasteiger partial charge in [0.05, 0.1) is 17.9 Å². The molecule has 0 unspecified atom stereocenters. The van der Waals surface area contributed by atoms with Gasteiger partial charge in [-0.05, 0) is 35.9 Å². The van der Waals surface area contributed by atoms with Crippen molar-refractivity contribution in [2.45, 2.75) is 6.54 Å². The molecule has 2 aromatic carbocycles. The molecular weight excluding hydrogens is 328 g/mol. The van der Waals surface area contributed by atoms with Crippen LogP contribution in [-0.4, -0.2) is 21.1 Å². The van der Waals surface area contributed by atoms with Crippen molar-refractivity contribution < 1.29 is 9.21 Å². The summed E-state index contributed by atoms with van der Waals surface area (Å²) >= 11 is 0. The molecule has 0 aliphatic rings. The third kappa shape index (κ3) is 3.39. The van der Waals surface area contributed by atoms with Gasteiger partial charge in [-0.2, -0.15) is 5.10 Å². The summed E-state index contributed by atoms with van der Waals surface area (Å²) in [4.78, 5) is 16.7. The van der Waals surface area contributed by atoms with E-state index in [2.05, 4.69) is 20.5 Å². The third-order valence-corrected chi connectivity index (χ3v) is 3.96. The van der Waals surface area contributed by atoms with Gasteiger partial charge in [0.2, 0.25) is 5.89 Å². The number of rotatable bonds is 5. The van der Waals surface area contributed by atoms with Crippen LogP contribution >= 0.6 is 0 Å². The number of benzene rings is 2. The van der Waals surface area contributed by atoms with Crippen LogP contribution < -0.4 is 5.32 Å². The van der Waals surface area contributed by atoms with Gasteiger partial charge < -0.3 is 9.73 Å². The maximum atomic E-state index is 12.3. The molecule has 0 bridgehead atoms. The van der Waals surface area contributed by atoms with Crippen molar-refractivity contribution in [3.63, 3.8) is 0 Å². The molecule has 4 aromatic rings. The average molecular weight is 344 g/mol. The van der Waals surface area contributed by atoms with Gasteiger partial charge in [-0.25, -0.2) is 4.98 Å². The van der Waals surface area contributed by atoms with Gasteiger partial charge in [-0.3, -0.25) is 9.89 Å². The average Bonchev–Trinajstić information content (AvgIpc) is 3.39. The standard InChI is InChI=1S/C20H16N4O2/c25-19(15-8-6-14(7-9-15)18-10-11-22-24-18)21-12-17-13-26-20(23-17)16-4-2-1-3-5-16/h1-11,13H,12H2,(H,21,25)(H,22,24). The Kier molecular flexibility index (Phi) is 4.30. The molecule has 0 aliphatic heterocycles. The Bertz CT molecular complexity index is 990. The summed E-state index contributed by atoms with van der Waals surface area (Å²) in [5, 5.41) is 9.67. The van der Waals surface area contributed by atoms with Crippen LogP contribution in [0.2, 0.25) is 0 Å². The first kappa shape index (κ1) is 15.8. The van der Waals surface area contributed by atoms with Crippen molar-refractivity contribution in [3.05, 3.63) is 84.4 Å². The predicted octanol–water partition coefficient (Wildman–Crippen LogP) is 3.66. The molecular formula is C20H16N4O2.